The van der Waals surface area contributed by atoms with E-state index in [1.54, 1.807) is 0 Å². The van der Waals surface area contributed by atoms with Gasteiger partial charge in [0.2, 0.25) is 0 Å². The van der Waals surface area contributed by atoms with E-state index in [1.807, 2.05) is 12.1 Å². The molecule has 2 heteroatoms. The minimum Gasteiger partial charge on any atom is -0.300 e. The molecule has 1 aliphatic carbocycles. The van der Waals surface area contributed by atoms with Crippen LogP contribution in [0.2, 0.25) is 0 Å². The summed E-state index contributed by atoms with van der Waals surface area (Å²) in [7, 11) is 0. The number of hydrogen-bond donors (Lipinski definition) is 0. The monoisotopic (exact) mass is 252 g/mol. The highest BCUT2D eigenvalue weighted by Crippen LogP contribution is 2.31. The van der Waals surface area contributed by atoms with Crippen LogP contribution < -0.4 is 0 Å². The molecule has 1 atom stereocenters. The maximum Gasteiger partial charge on any atom is 0.133 e. The van der Waals surface area contributed by atoms with E-state index in [0.717, 1.165) is 30.2 Å². The largest absolute Gasteiger partial charge is 0.300 e. The molecule has 1 nitrogen and oxygen atoms in total. The van der Waals surface area contributed by atoms with Crippen molar-refractivity contribution < 1.29 is 4.79 Å². The van der Waals surface area contributed by atoms with Gasteiger partial charge >= 0.3 is 0 Å². The summed E-state index contributed by atoms with van der Waals surface area (Å²) < 4.78 is 1.10. The molecule has 14 heavy (non-hydrogen) atoms. The smallest absolute Gasteiger partial charge is 0.133 e. The van der Waals surface area contributed by atoms with E-state index in [1.165, 1.54) is 5.56 Å². The zero-order chi connectivity index (χ0) is 9.97. The van der Waals surface area contributed by atoms with Crippen LogP contribution in [0.25, 0.3) is 0 Å². The summed E-state index contributed by atoms with van der Waals surface area (Å²) in [5.41, 5.74) is 1.30. The first-order valence-electron chi connectivity index (χ1n) is 5.03. The van der Waals surface area contributed by atoms with E-state index in [-0.39, 0.29) is 0 Å². The summed E-state index contributed by atoms with van der Waals surface area (Å²) >= 11 is 3.46. The van der Waals surface area contributed by atoms with Crippen LogP contribution in [0.4, 0.5) is 0 Å². The van der Waals surface area contributed by atoms with Crippen molar-refractivity contribution in [1.82, 2.24) is 0 Å². The van der Waals surface area contributed by atoms with E-state index >= 15 is 0 Å². The van der Waals surface area contributed by atoms with Gasteiger partial charge in [-0.2, -0.15) is 0 Å². The van der Waals surface area contributed by atoms with Crippen LogP contribution in [0.5, 0.6) is 0 Å². The van der Waals surface area contributed by atoms with Gasteiger partial charge in [-0.25, -0.2) is 0 Å². The average molecular weight is 253 g/mol. The fraction of sp³-hybridized carbons (Fsp3) is 0.417. The van der Waals surface area contributed by atoms with Crippen molar-refractivity contribution in [2.45, 2.75) is 31.6 Å². The number of benzene rings is 1. The number of carbonyl (C=O) groups excluding carboxylic acids is 1. The Morgan fingerprint density at radius 3 is 2.93 bits per heavy atom. The summed E-state index contributed by atoms with van der Waals surface area (Å²) in [5, 5.41) is 0. The number of ketones is 1. The summed E-state index contributed by atoms with van der Waals surface area (Å²) in [6, 6.07) is 8.31. The Morgan fingerprint density at radius 2 is 2.21 bits per heavy atom. The van der Waals surface area contributed by atoms with E-state index in [0.29, 0.717) is 11.7 Å². The lowest BCUT2D eigenvalue weighted by atomic mass is 9.83. The second kappa shape index (κ2) is 4.26. The molecule has 1 aliphatic rings. The molecule has 0 saturated heterocycles. The Morgan fingerprint density at radius 1 is 1.36 bits per heavy atom. The lowest BCUT2D eigenvalue weighted by Gasteiger charge is -2.21. The molecular weight excluding hydrogens is 240 g/mol. The van der Waals surface area contributed by atoms with Gasteiger partial charge in [-0.15, -0.1) is 0 Å². The highest BCUT2D eigenvalue weighted by Gasteiger charge is 2.20. The molecule has 0 radical (unpaired) electrons. The highest BCUT2D eigenvalue weighted by atomic mass is 79.9. The van der Waals surface area contributed by atoms with Gasteiger partial charge in [-0.05, 0) is 36.5 Å². The summed E-state index contributed by atoms with van der Waals surface area (Å²) in [6.45, 7) is 0. The standard InChI is InChI=1S/C12H13BrO/c13-11-5-1-3-9(7-11)10-4-2-6-12(14)8-10/h1,3,5,7,10H,2,4,6,8H2/t10-/m1/s1. The fourth-order valence-electron chi connectivity index (χ4n) is 2.07. The Bertz CT molecular complexity index is 346. The third-order valence-corrected chi connectivity index (χ3v) is 3.30. The molecule has 1 aromatic rings. The van der Waals surface area contributed by atoms with Gasteiger partial charge in [0.25, 0.3) is 0 Å². The molecule has 74 valence electrons. The zero-order valence-electron chi connectivity index (χ0n) is 8.00. The van der Waals surface area contributed by atoms with Crippen LogP contribution >= 0.6 is 15.9 Å². The first-order valence-corrected chi connectivity index (χ1v) is 5.82. The molecule has 1 fully saturated rings. The minimum absolute atomic E-state index is 0.418. The van der Waals surface area contributed by atoms with Crippen molar-refractivity contribution in [3.63, 3.8) is 0 Å². The Hall–Kier alpha value is -0.630. The van der Waals surface area contributed by atoms with Crippen LogP contribution in [-0.4, -0.2) is 5.78 Å². The van der Waals surface area contributed by atoms with E-state index in [4.69, 9.17) is 0 Å². The SMILES string of the molecule is O=C1CCC[C@@H](c2cccc(Br)c2)C1. The topological polar surface area (TPSA) is 17.1 Å². The average Bonchev–Trinajstić information content (AvgIpc) is 2.18. The van der Waals surface area contributed by atoms with Crippen molar-refractivity contribution >= 4 is 21.7 Å². The van der Waals surface area contributed by atoms with Crippen LogP contribution in [0.3, 0.4) is 0 Å². The lowest BCUT2D eigenvalue weighted by molar-refractivity contribution is -0.120. The lowest BCUT2D eigenvalue weighted by Crippen LogP contribution is -2.13. The third kappa shape index (κ3) is 2.24. The number of rotatable bonds is 1. The number of carbonyl (C=O) groups is 1. The quantitative estimate of drug-likeness (QED) is 0.746. The summed E-state index contributed by atoms with van der Waals surface area (Å²) in [6.07, 6.45) is 3.72. The van der Waals surface area contributed by atoms with Gasteiger partial charge in [-0.1, -0.05) is 28.1 Å². The van der Waals surface area contributed by atoms with Crippen LogP contribution in [-0.2, 0) is 4.79 Å². The van der Waals surface area contributed by atoms with Crippen molar-refractivity contribution in [3.05, 3.63) is 34.3 Å². The van der Waals surface area contributed by atoms with E-state index in [9.17, 15) is 4.79 Å². The maximum absolute atomic E-state index is 11.3. The van der Waals surface area contributed by atoms with E-state index < -0.39 is 0 Å². The predicted molar refractivity (Wildman–Crippen MR) is 60.4 cm³/mol. The second-order valence-corrected chi connectivity index (χ2v) is 4.80. The van der Waals surface area contributed by atoms with Crippen molar-refractivity contribution in [3.8, 4) is 0 Å². The predicted octanol–water partition coefficient (Wildman–Crippen LogP) is 3.68. The molecule has 0 aromatic heterocycles. The van der Waals surface area contributed by atoms with Gasteiger partial charge in [0.1, 0.15) is 5.78 Å². The molecule has 0 spiro atoms. The molecule has 1 saturated carbocycles. The normalized spacial score (nSPS) is 22.4. The van der Waals surface area contributed by atoms with Crippen molar-refractivity contribution in [1.29, 1.82) is 0 Å². The Kier molecular flexibility index (Phi) is 3.02. The van der Waals surface area contributed by atoms with Crippen LogP contribution in [0.15, 0.2) is 28.7 Å². The summed E-state index contributed by atoms with van der Waals surface area (Å²) in [4.78, 5) is 11.3. The molecule has 0 N–H and O–H groups in total. The molecule has 0 aliphatic heterocycles. The van der Waals surface area contributed by atoms with Gasteiger partial charge in [0, 0.05) is 17.3 Å². The zero-order valence-corrected chi connectivity index (χ0v) is 9.59. The Labute approximate surface area is 92.6 Å². The molecular formula is C12H13BrO. The van der Waals surface area contributed by atoms with Gasteiger partial charge in [0.05, 0.1) is 0 Å². The fourth-order valence-corrected chi connectivity index (χ4v) is 2.49. The van der Waals surface area contributed by atoms with Crippen LogP contribution in [0, 0.1) is 0 Å². The first kappa shape index (κ1) is 9.91. The van der Waals surface area contributed by atoms with Gasteiger partial charge < -0.3 is 0 Å². The van der Waals surface area contributed by atoms with Crippen molar-refractivity contribution in [2.24, 2.45) is 0 Å². The second-order valence-electron chi connectivity index (χ2n) is 3.89. The number of halogens is 1. The van der Waals surface area contributed by atoms with E-state index in [2.05, 4.69) is 28.1 Å². The molecule has 0 bridgehead atoms. The van der Waals surface area contributed by atoms with Crippen LogP contribution in [0.1, 0.15) is 37.2 Å². The maximum atomic E-state index is 11.3. The van der Waals surface area contributed by atoms with Gasteiger partial charge in [-0.3, -0.25) is 4.79 Å². The molecule has 0 heterocycles. The highest BCUT2D eigenvalue weighted by molar-refractivity contribution is 9.10. The van der Waals surface area contributed by atoms with Crippen molar-refractivity contribution in [2.75, 3.05) is 0 Å². The molecule has 2 rings (SSSR count). The Balaban J connectivity index is 2.17. The first-order chi connectivity index (χ1) is 6.75. The number of hydrogen-bond acceptors (Lipinski definition) is 1. The molecule has 0 amide bonds. The minimum atomic E-state index is 0.418. The third-order valence-electron chi connectivity index (χ3n) is 2.80. The number of Topliss-reactive ketones (excluding diaryl/α,β-unsaturated/α-hetero) is 1. The van der Waals surface area contributed by atoms with Gasteiger partial charge in [0.15, 0.2) is 0 Å². The summed E-state index contributed by atoms with van der Waals surface area (Å²) in [5.74, 6) is 0.870. The molecule has 0 unspecified atom stereocenters. The molecule has 1 aromatic carbocycles.